The van der Waals surface area contributed by atoms with Crippen LogP contribution in [0.25, 0.3) is 22.4 Å². The van der Waals surface area contributed by atoms with Gasteiger partial charge >= 0.3 is 5.97 Å². The molecule has 29 heavy (non-hydrogen) atoms. The van der Waals surface area contributed by atoms with Crippen molar-refractivity contribution >= 4 is 22.8 Å². The molecule has 0 saturated heterocycles. The first-order valence-electron chi connectivity index (χ1n) is 9.17. The lowest BCUT2D eigenvalue weighted by Gasteiger charge is -2.27. The van der Waals surface area contributed by atoms with E-state index < -0.39 is 24.0 Å². The first-order chi connectivity index (χ1) is 13.8. The summed E-state index contributed by atoms with van der Waals surface area (Å²) in [4.78, 5) is 29.5. The monoisotopic (exact) mass is 391 g/mol. The lowest BCUT2D eigenvalue weighted by Crippen LogP contribution is -2.50. The van der Waals surface area contributed by atoms with E-state index in [-0.39, 0.29) is 11.5 Å². The number of ether oxygens (including phenoxy) is 1. The van der Waals surface area contributed by atoms with Crippen LogP contribution in [-0.2, 0) is 9.53 Å². The zero-order valence-electron chi connectivity index (χ0n) is 16.4. The molecule has 148 valence electrons. The highest BCUT2D eigenvalue weighted by Crippen LogP contribution is 2.25. The van der Waals surface area contributed by atoms with Gasteiger partial charge in [0.1, 0.15) is 11.2 Å². The summed E-state index contributed by atoms with van der Waals surface area (Å²) >= 11 is 0. The summed E-state index contributed by atoms with van der Waals surface area (Å²) in [5, 5.41) is 12.5. The van der Waals surface area contributed by atoms with Crippen molar-refractivity contribution in [2.24, 2.45) is 5.92 Å². The summed E-state index contributed by atoms with van der Waals surface area (Å²) in [7, 11) is 0. The first kappa shape index (κ1) is 20.1. The van der Waals surface area contributed by atoms with E-state index in [1.54, 1.807) is 43.3 Å². The Bertz CT molecular complexity index is 1080. The summed E-state index contributed by atoms with van der Waals surface area (Å²) in [6, 6.07) is 14.3. The number of furan rings is 1. The van der Waals surface area contributed by atoms with Crippen LogP contribution in [-0.4, -0.2) is 29.0 Å². The zero-order chi connectivity index (χ0) is 21.0. The van der Waals surface area contributed by atoms with E-state index in [2.05, 4.69) is 16.4 Å². The van der Waals surface area contributed by atoms with Crippen LogP contribution >= 0.6 is 0 Å². The number of hydrogen-bond donors (Lipinski definition) is 1. The van der Waals surface area contributed by atoms with Gasteiger partial charge in [0.05, 0.1) is 23.4 Å². The minimum Gasteiger partial charge on any atom is -0.463 e. The molecule has 1 aromatic carbocycles. The predicted molar refractivity (Wildman–Crippen MR) is 107 cm³/mol. The van der Waals surface area contributed by atoms with Crippen molar-refractivity contribution in [1.82, 2.24) is 10.3 Å². The maximum atomic E-state index is 12.7. The van der Waals surface area contributed by atoms with Gasteiger partial charge in [-0.05, 0) is 37.1 Å². The van der Waals surface area contributed by atoms with E-state index in [9.17, 15) is 14.9 Å². The number of pyridine rings is 1. The Labute approximate surface area is 168 Å². The molecular weight excluding hydrogens is 370 g/mol. The fraction of sp³-hybridized carbons (Fsp3) is 0.273. The molecule has 0 bridgehead atoms. The Kier molecular flexibility index (Phi) is 5.64. The fourth-order valence-electron chi connectivity index (χ4n) is 2.73. The molecule has 0 aliphatic carbocycles. The highest BCUT2D eigenvalue weighted by atomic mass is 16.5. The number of benzene rings is 1. The summed E-state index contributed by atoms with van der Waals surface area (Å²) in [6.45, 7) is 4.79. The second kappa shape index (κ2) is 8.15. The molecule has 2 aromatic heterocycles. The molecule has 1 atom stereocenters. The van der Waals surface area contributed by atoms with Gasteiger partial charge in [0.15, 0.2) is 12.4 Å². The predicted octanol–water partition coefficient (Wildman–Crippen LogP) is 3.71. The minimum atomic E-state index is -1.04. The molecule has 0 saturated carbocycles. The van der Waals surface area contributed by atoms with Crippen LogP contribution in [0.4, 0.5) is 0 Å². The van der Waals surface area contributed by atoms with Crippen LogP contribution in [0, 0.1) is 17.2 Å². The van der Waals surface area contributed by atoms with Crippen molar-refractivity contribution < 1.29 is 18.7 Å². The molecule has 3 rings (SSSR count). The molecule has 0 unspecified atom stereocenters. The lowest BCUT2D eigenvalue weighted by atomic mass is 9.90. The molecule has 3 aromatic rings. The van der Waals surface area contributed by atoms with Crippen LogP contribution in [0.2, 0.25) is 0 Å². The number of fused-ring (bicyclic) bond motifs is 1. The number of para-hydroxylation sites is 1. The maximum Gasteiger partial charge on any atom is 0.339 e. The zero-order valence-corrected chi connectivity index (χ0v) is 16.4. The second-order valence-electron chi connectivity index (χ2n) is 7.14. The van der Waals surface area contributed by atoms with Gasteiger partial charge < -0.3 is 14.5 Å². The minimum absolute atomic E-state index is 0.104. The Balaban J connectivity index is 1.82. The quantitative estimate of drug-likeness (QED) is 0.642. The SMILES string of the molecule is CC(C)[C@@](C)(C#N)NC(=O)COC(=O)c1cc(-c2ccco2)nc2ccccc12. The number of carbonyl (C=O) groups is 2. The van der Waals surface area contributed by atoms with Crippen LogP contribution in [0.5, 0.6) is 0 Å². The van der Waals surface area contributed by atoms with E-state index in [0.29, 0.717) is 22.4 Å². The Morgan fingerprint density at radius 1 is 1.28 bits per heavy atom. The third-order valence-corrected chi connectivity index (χ3v) is 4.83. The summed E-state index contributed by atoms with van der Waals surface area (Å²) in [6.07, 6.45) is 1.52. The van der Waals surface area contributed by atoms with Crippen molar-refractivity contribution in [3.05, 3.63) is 54.3 Å². The average molecular weight is 391 g/mol. The number of carbonyl (C=O) groups excluding carboxylic acids is 2. The molecule has 0 aliphatic rings. The molecule has 0 radical (unpaired) electrons. The van der Waals surface area contributed by atoms with Gasteiger partial charge in [-0.2, -0.15) is 5.26 Å². The number of hydrogen-bond acceptors (Lipinski definition) is 6. The number of esters is 1. The fourth-order valence-corrected chi connectivity index (χ4v) is 2.73. The van der Waals surface area contributed by atoms with Crippen LogP contribution in [0.3, 0.4) is 0 Å². The van der Waals surface area contributed by atoms with Crippen molar-refractivity contribution in [1.29, 1.82) is 5.26 Å². The van der Waals surface area contributed by atoms with Crippen molar-refractivity contribution in [3.63, 3.8) is 0 Å². The van der Waals surface area contributed by atoms with E-state index in [0.717, 1.165) is 0 Å². The summed E-state index contributed by atoms with van der Waals surface area (Å²) in [5.41, 5.74) is 0.331. The molecule has 1 N–H and O–H groups in total. The highest BCUT2D eigenvalue weighted by molar-refractivity contribution is 6.05. The number of amides is 1. The lowest BCUT2D eigenvalue weighted by molar-refractivity contribution is -0.125. The van der Waals surface area contributed by atoms with Crippen molar-refractivity contribution in [2.45, 2.75) is 26.3 Å². The highest BCUT2D eigenvalue weighted by Gasteiger charge is 2.30. The number of aromatic nitrogens is 1. The molecule has 0 fully saturated rings. The van der Waals surface area contributed by atoms with Gasteiger partial charge in [-0.1, -0.05) is 32.0 Å². The third-order valence-electron chi connectivity index (χ3n) is 4.83. The molecule has 7 heteroatoms. The topological polar surface area (TPSA) is 105 Å². The van der Waals surface area contributed by atoms with E-state index in [1.165, 1.54) is 6.26 Å². The normalized spacial score (nSPS) is 12.9. The Hall–Kier alpha value is -3.66. The number of nitrogens with one attached hydrogen (secondary N) is 1. The van der Waals surface area contributed by atoms with Crippen LogP contribution in [0.15, 0.2) is 53.1 Å². The summed E-state index contributed by atoms with van der Waals surface area (Å²) < 4.78 is 10.6. The first-order valence-corrected chi connectivity index (χ1v) is 9.17. The van der Waals surface area contributed by atoms with Gasteiger partial charge in [-0.15, -0.1) is 0 Å². The third kappa shape index (κ3) is 4.27. The summed E-state index contributed by atoms with van der Waals surface area (Å²) in [5.74, 6) is -0.785. The molecule has 0 aliphatic heterocycles. The smallest absolute Gasteiger partial charge is 0.339 e. The Morgan fingerprint density at radius 3 is 2.69 bits per heavy atom. The maximum absolute atomic E-state index is 12.7. The average Bonchev–Trinajstić information content (AvgIpc) is 3.25. The molecule has 0 spiro atoms. The van der Waals surface area contributed by atoms with Gasteiger partial charge in [-0.3, -0.25) is 4.79 Å². The number of nitrogens with zero attached hydrogens (tertiary/aromatic N) is 2. The van der Waals surface area contributed by atoms with E-state index >= 15 is 0 Å². The number of rotatable bonds is 6. The standard InChI is InChI=1S/C22H21N3O4/c1-14(2)22(3,13-23)25-20(26)12-29-21(27)16-11-18(19-9-6-10-28-19)24-17-8-5-4-7-15(16)17/h4-11,14H,12H2,1-3H3,(H,25,26)/t22-/m1/s1. The number of nitriles is 1. The molecule has 2 heterocycles. The molecule has 7 nitrogen and oxygen atoms in total. The van der Waals surface area contributed by atoms with Gasteiger partial charge in [-0.25, -0.2) is 9.78 Å². The van der Waals surface area contributed by atoms with Crippen LogP contribution < -0.4 is 5.32 Å². The second-order valence-corrected chi connectivity index (χ2v) is 7.14. The molecule has 1 amide bonds. The van der Waals surface area contributed by atoms with E-state index in [1.807, 2.05) is 19.9 Å². The van der Waals surface area contributed by atoms with Crippen molar-refractivity contribution in [3.8, 4) is 17.5 Å². The van der Waals surface area contributed by atoms with Crippen molar-refractivity contribution in [2.75, 3.05) is 6.61 Å². The Morgan fingerprint density at radius 2 is 2.03 bits per heavy atom. The van der Waals surface area contributed by atoms with Gasteiger partial charge in [0.25, 0.3) is 5.91 Å². The van der Waals surface area contributed by atoms with Gasteiger partial charge in [0, 0.05) is 5.39 Å². The van der Waals surface area contributed by atoms with Gasteiger partial charge in [0.2, 0.25) is 0 Å². The molecular formula is C22H21N3O4. The van der Waals surface area contributed by atoms with Crippen LogP contribution in [0.1, 0.15) is 31.1 Å². The van der Waals surface area contributed by atoms with E-state index in [4.69, 9.17) is 9.15 Å². The largest absolute Gasteiger partial charge is 0.463 e.